The van der Waals surface area contributed by atoms with Crippen LogP contribution in [0.3, 0.4) is 0 Å². The number of anilines is 1. The van der Waals surface area contributed by atoms with Gasteiger partial charge in [0.1, 0.15) is 5.82 Å². The van der Waals surface area contributed by atoms with Crippen molar-refractivity contribution in [1.82, 2.24) is 5.32 Å². The van der Waals surface area contributed by atoms with Gasteiger partial charge in [0.2, 0.25) is 0 Å². The number of carbonyl (C=O) groups excluding carboxylic acids is 1. The van der Waals surface area contributed by atoms with Crippen LogP contribution in [0.15, 0.2) is 42.5 Å². The lowest BCUT2D eigenvalue weighted by atomic mass is 10.1. The predicted molar refractivity (Wildman–Crippen MR) is 86.0 cm³/mol. The van der Waals surface area contributed by atoms with Gasteiger partial charge < -0.3 is 5.32 Å². The summed E-state index contributed by atoms with van der Waals surface area (Å²) in [4.78, 5) is 11.9. The molecule has 2 rings (SSSR count). The first kappa shape index (κ1) is 15.1. The number of carbonyl (C=O) groups is 1. The van der Waals surface area contributed by atoms with Gasteiger partial charge in [0.25, 0.3) is 5.91 Å². The van der Waals surface area contributed by atoms with Crippen molar-refractivity contribution < 1.29 is 9.18 Å². The molecular weight excluding hydrogens is 287 g/mol. The van der Waals surface area contributed by atoms with Gasteiger partial charge in [0, 0.05) is 11.3 Å². The Kier molecular flexibility index (Phi) is 4.65. The molecule has 0 saturated heterocycles. The van der Waals surface area contributed by atoms with Crippen LogP contribution < -0.4 is 10.6 Å². The van der Waals surface area contributed by atoms with Gasteiger partial charge in [-0.05, 0) is 73.6 Å². The Morgan fingerprint density at radius 3 is 2.33 bits per heavy atom. The summed E-state index contributed by atoms with van der Waals surface area (Å²) in [7, 11) is 0. The van der Waals surface area contributed by atoms with Crippen molar-refractivity contribution in [3.05, 3.63) is 65.0 Å². The number of amides is 1. The first-order valence-corrected chi connectivity index (χ1v) is 6.81. The second-order valence-corrected chi connectivity index (χ2v) is 5.12. The number of hydrogen-bond acceptors (Lipinski definition) is 2. The van der Waals surface area contributed by atoms with E-state index in [0.717, 1.165) is 11.3 Å². The molecule has 5 heteroatoms. The molecule has 2 aromatic rings. The number of aryl methyl sites for hydroxylation is 2. The monoisotopic (exact) mass is 302 g/mol. The maximum Gasteiger partial charge on any atom is 0.257 e. The molecule has 0 radical (unpaired) electrons. The molecule has 108 valence electrons. The van der Waals surface area contributed by atoms with Crippen LogP contribution in [0, 0.1) is 19.7 Å². The van der Waals surface area contributed by atoms with Gasteiger partial charge in [0.05, 0.1) is 0 Å². The van der Waals surface area contributed by atoms with Crippen molar-refractivity contribution in [3.8, 4) is 0 Å². The number of benzene rings is 2. The van der Waals surface area contributed by atoms with Gasteiger partial charge in [0.15, 0.2) is 5.11 Å². The zero-order chi connectivity index (χ0) is 15.4. The van der Waals surface area contributed by atoms with E-state index in [1.165, 1.54) is 29.8 Å². The highest BCUT2D eigenvalue weighted by molar-refractivity contribution is 7.80. The first-order valence-electron chi connectivity index (χ1n) is 6.41. The Labute approximate surface area is 128 Å². The highest BCUT2D eigenvalue weighted by Gasteiger charge is 2.08. The van der Waals surface area contributed by atoms with Crippen molar-refractivity contribution >= 4 is 28.9 Å². The fraction of sp³-hybridized carbons (Fsp3) is 0.125. The third-order valence-corrected chi connectivity index (χ3v) is 3.30. The quantitative estimate of drug-likeness (QED) is 0.833. The Bertz CT molecular complexity index is 683. The van der Waals surface area contributed by atoms with Crippen LogP contribution in [0.25, 0.3) is 0 Å². The van der Waals surface area contributed by atoms with E-state index in [0.29, 0.717) is 5.56 Å². The number of halogens is 1. The van der Waals surface area contributed by atoms with Crippen LogP contribution in [0.1, 0.15) is 21.5 Å². The second-order valence-electron chi connectivity index (χ2n) is 4.71. The van der Waals surface area contributed by atoms with Crippen molar-refractivity contribution in [1.29, 1.82) is 0 Å². The van der Waals surface area contributed by atoms with Gasteiger partial charge in [-0.1, -0.05) is 6.07 Å². The average molecular weight is 302 g/mol. The molecule has 0 aromatic heterocycles. The highest BCUT2D eigenvalue weighted by atomic mass is 32.1. The second kappa shape index (κ2) is 6.45. The van der Waals surface area contributed by atoms with E-state index in [9.17, 15) is 9.18 Å². The summed E-state index contributed by atoms with van der Waals surface area (Å²) < 4.78 is 12.8. The van der Waals surface area contributed by atoms with E-state index in [1.807, 2.05) is 32.0 Å². The molecule has 21 heavy (non-hydrogen) atoms. The van der Waals surface area contributed by atoms with E-state index >= 15 is 0 Å². The molecule has 0 saturated carbocycles. The third kappa shape index (κ3) is 4.10. The van der Waals surface area contributed by atoms with Crippen molar-refractivity contribution in [2.24, 2.45) is 0 Å². The maximum atomic E-state index is 12.8. The molecule has 0 unspecified atom stereocenters. The fourth-order valence-corrected chi connectivity index (χ4v) is 1.97. The van der Waals surface area contributed by atoms with E-state index in [2.05, 4.69) is 10.6 Å². The summed E-state index contributed by atoms with van der Waals surface area (Å²) in [5.41, 5.74) is 3.47. The smallest absolute Gasteiger partial charge is 0.257 e. The standard InChI is InChI=1S/C16H15FN2OS/c1-10-3-8-14(9-11(10)2)18-16(21)19-15(20)12-4-6-13(17)7-5-12/h3-9H,1-2H3,(H2,18,19,20,21). The Hall–Kier alpha value is -2.27. The van der Waals surface area contributed by atoms with Gasteiger partial charge >= 0.3 is 0 Å². The number of nitrogens with one attached hydrogen (secondary N) is 2. The largest absolute Gasteiger partial charge is 0.332 e. The zero-order valence-corrected chi connectivity index (χ0v) is 12.6. The molecule has 1 amide bonds. The molecule has 2 aromatic carbocycles. The minimum absolute atomic E-state index is 0.201. The van der Waals surface area contributed by atoms with E-state index in [-0.39, 0.29) is 16.8 Å². The van der Waals surface area contributed by atoms with Gasteiger partial charge in [-0.15, -0.1) is 0 Å². The summed E-state index contributed by atoms with van der Waals surface area (Å²) >= 11 is 5.10. The van der Waals surface area contributed by atoms with E-state index < -0.39 is 0 Å². The van der Waals surface area contributed by atoms with Crippen molar-refractivity contribution in [2.75, 3.05) is 5.32 Å². The summed E-state index contributed by atoms with van der Waals surface area (Å²) in [6.07, 6.45) is 0. The predicted octanol–water partition coefficient (Wildman–Crippen LogP) is 3.57. The summed E-state index contributed by atoms with van der Waals surface area (Å²) in [6, 6.07) is 11.1. The SMILES string of the molecule is Cc1ccc(NC(=S)NC(=O)c2ccc(F)cc2)cc1C. The maximum absolute atomic E-state index is 12.8. The molecular formula is C16H15FN2OS. The first-order chi connectivity index (χ1) is 9.95. The lowest BCUT2D eigenvalue weighted by Gasteiger charge is -2.11. The lowest BCUT2D eigenvalue weighted by molar-refractivity contribution is 0.0977. The summed E-state index contributed by atoms with van der Waals surface area (Å²) in [5.74, 6) is -0.765. The molecule has 0 aliphatic carbocycles. The number of hydrogen-bond donors (Lipinski definition) is 2. The van der Waals surface area contributed by atoms with Gasteiger partial charge in [-0.3, -0.25) is 10.1 Å². The van der Waals surface area contributed by atoms with Gasteiger partial charge in [-0.2, -0.15) is 0 Å². The average Bonchev–Trinajstić information content (AvgIpc) is 2.43. The molecule has 0 atom stereocenters. The topological polar surface area (TPSA) is 41.1 Å². The van der Waals surface area contributed by atoms with Crippen molar-refractivity contribution in [2.45, 2.75) is 13.8 Å². The highest BCUT2D eigenvalue weighted by Crippen LogP contribution is 2.14. The minimum Gasteiger partial charge on any atom is -0.332 e. The van der Waals surface area contributed by atoms with Crippen LogP contribution >= 0.6 is 12.2 Å². The Balaban J connectivity index is 1.99. The molecule has 0 aliphatic heterocycles. The van der Waals surface area contributed by atoms with Crippen LogP contribution in [-0.4, -0.2) is 11.0 Å². The normalized spacial score (nSPS) is 10.0. The molecule has 0 aliphatic rings. The molecule has 0 spiro atoms. The summed E-state index contributed by atoms with van der Waals surface area (Å²) in [5, 5.41) is 5.71. The van der Waals surface area contributed by atoms with E-state index in [4.69, 9.17) is 12.2 Å². The third-order valence-electron chi connectivity index (χ3n) is 3.10. The number of rotatable bonds is 2. The van der Waals surface area contributed by atoms with Crippen LogP contribution in [0.4, 0.5) is 10.1 Å². The van der Waals surface area contributed by atoms with Crippen molar-refractivity contribution in [3.63, 3.8) is 0 Å². The fourth-order valence-electron chi connectivity index (χ4n) is 1.76. The van der Waals surface area contributed by atoms with Gasteiger partial charge in [-0.25, -0.2) is 4.39 Å². The molecule has 3 nitrogen and oxygen atoms in total. The summed E-state index contributed by atoms with van der Waals surface area (Å²) in [6.45, 7) is 4.02. The molecule has 0 bridgehead atoms. The lowest BCUT2D eigenvalue weighted by Crippen LogP contribution is -2.34. The van der Waals surface area contributed by atoms with Crippen LogP contribution in [-0.2, 0) is 0 Å². The van der Waals surface area contributed by atoms with E-state index in [1.54, 1.807) is 0 Å². The molecule has 0 fully saturated rings. The molecule has 0 heterocycles. The zero-order valence-electron chi connectivity index (χ0n) is 11.7. The Morgan fingerprint density at radius 1 is 1.05 bits per heavy atom. The number of thiocarbonyl (C=S) groups is 1. The van der Waals surface area contributed by atoms with Crippen LogP contribution in [0.2, 0.25) is 0 Å². The van der Waals surface area contributed by atoms with Crippen LogP contribution in [0.5, 0.6) is 0 Å². The minimum atomic E-state index is -0.387. The Morgan fingerprint density at radius 2 is 1.71 bits per heavy atom. The molecule has 2 N–H and O–H groups in total.